The van der Waals surface area contributed by atoms with Crippen LogP contribution in [0.25, 0.3) is 0 Å². The summed E-state index contributed by atoms with van der Waals surface area (Å²) in [6.07, 6.45) is 1.36. The molecule has 21 heavy (non-hydrogen) atoms. The third kappa shape index (κ3) is 5.19. The van der Waals surface area contributed by atoms with Crippen LogP contribution in [0.4, 0.5) is 0 Å². The van der Waals surface area contributed by atoms with Gasteiger partial charge in [-0.1, -0.05) is 37.3 Å². The quantitative estimate of drug-likeness (QED) is 0.737. The molecule has 2 rings (SSSR count). The number of nitrogens with one attached hydrogen (secondary N) is 3. The number of hydrogen-bond donors (Lipinski definition) is 3. The van der Waals surface area contributed by atoms with Gasteiger partial charge in [-0.25, -0.2) is 0 Å². The number of carbonyl (C=O) groups is 2. The maximum atomic E-state index is 11.9. The standard InChI is InChI=1S/C16H23N3O2/c1-12-7-8-17-10-14(12)19-16(21)11-18-15(20)9-13-5-3-2-4-6-13/h2-6,12,14,17H,7-11H2,1H3,(H,18,20)(H,19,21). The monoisotopic (exact) mass is 289 g/mol. The minimum atomic E-state index is -0.133. The summed E-state index contributed by atoms with van der Waals surface area (Å²) in [4.78, 5) is 23.6. The molecular weight excluding hydrogens is 266 g/mol. The highest BCUT2D eigenvalue weighted by atomic mass is 16.2. The molecule has 1 aromatic rings. The third-order valence-corrected chi connectivity index (χ3v) is 3.83. The van der Waals surface area contributed by atoms with Crippen LogP contribution in [0.2, 0.25) is 0 Å². The van der Waals surface area contributed by atoms with Crippen molar-refractivity contribution in [2.24, 2.45) is 5.92 Å². The average Bonchev–Trinajstić information content (AvgIpc) is 2.49. The topological polar surface area (TPSA) is 70.2 Å². The Balaban J connectivity index is 1.69. The first kappa shape index (κ1) is 15.5. The summed E-state index contributed by atoms with van der Waals surface area (Å²) >= 11 is 0. The Morgan fingerprint density at radius 1 is 1.24 bits per heavy atom. The Morgan fingerprint density at radius 2 is 2.00 bits per heavy atom. The highest BCUT2D eigenvalue weighted by Gasteiger charge is 2.22. The molecule has 2 atom stereocenters. The maximum Gasteiger partial charge on any atom is 0.239 e. The van der Waals surface area contributed by atoms with Crippen molar-refractivity contribution in [3.8, 4) is 0 Å². The lowest BCUT2D eigenvalue weighted by Gasteiger charge is -2.30. The minimum absolute atomic E-state index is 0.0366. The number of piperidine rings is 1. The van der Waals surface area contributed by atoms with Crippen LogP contribution in [-0.2, 0) is 16.0 Å². The number of hydrogen-bond acceptors (Lipinski definition) is 3. The molecule has 114 valence electrons. The van der Waals surface area contributed by atoms with Crippen molar-refractivity contribution in [2.75, 3.05) is 19.6 Å². The summed E-state index contributed by atoms with van der Waals surface area (Å²) in [6, 6.07) is 9.65. The van der Waals surface area contributed by atoms with E-state index in [1.807, 2.05) is 30.3 Å². The van der Waals surface area contributed by atoms with Gasteiger partial charge in [-0.2, -0.15) is 0 Å². The molecule has 5 heteroatoms. The lowest BCUT2D eigenvalue weighted by Crippen LogP contribution is -2.52. The van der Waals surface area contributed by atoms with Crippen LogP contribution < -0.4 is 16.0 Å². The first-order valence-corrected chi connectivity index (χ1v) is 7.46. The summed E-state index contributed by atoms with van der Waals surface area (Å²) in [6.45, 7) is 3.97. The van der Waals surface area contributed by atoms with Crippen LogP contribution in [0.3, 0.4) is 0 Å². The minimum Gasteiger partial charge on any atom is -0.350 e. The zero-order chi connectivity index (χ0) is 15.1. The smallest absolute Gasteiger partial charge is 0.239 e. The van der Waals surface area contributed by atoms with Crippen molar-refractivity contribution >= 4 is 11.8 Å². The fraction of sp³-hybridized carbons (Fsp3) is 0.500. The van der Waals surface area contributed by atoms with Crippen molar-refractivity contribution in [3.05, 3.63) is 35.9 Å². The molecule has 1 saturated heterocycles. The van der Waals surface area contributed by atoms with E-state index in [1.165, 1.54) is 0 Å². The van der Waals surface area contributed by atoms with Crippen LogP contribution in [0.5, 0.6) is 0 Å². The molecule has 3 N–H and O–H groups in total. The van der Waals surface area contributed by atoms with Crippen molar-refractivity contribution in [1.29, 1.82) is 0 Å². The molecule has 0 spiro atoms. The number of benzene rings is 1. The van der Waals surface area contributed by atoms with Crippen LogP contribution in [0.15, 0.2) is 30.3 Å². The highest BCUT2D eigenvalue weighted by molar-refractivity contribution is 5.85. The molecule has 2 amide bonds. The number of carbonyl (C=O) groups excluding carboxylic acids is 2. The lowest BCUT2D eigenvalue weighted by atomic mass is 9.95. The molecule has 1 fully saturated rings. The first-order chi connectivity index (χ1) is 10.1. The Labute approximate surface area is 125 Å². The SMILES string of the molecule is CC1CCNCC1NC(=O)CNC(=O)Cc1ccccc1. The average molecular weight is 289 g/mol. The summed E-state index contributed by atoms with van der Waals surface area (Å²) in [5.41, 5.74) is 0.945. The fourth-order valence-corrected chi connectivity index (χ4v) is 2.46. The van der Waals surface area contributed by atoms with Gasteiger partial charge >= 0.3 is 0 Å². The summed E-state index contributed by atoms with van der Waals surface area (Å²) < 4.78 is 0. The van der Waals surface area contributed by atoms with E-state index in [-0.39, 0.29) is 24.4 Å². The number of amides is 2. The summed E-state index contributed by atoms with van der Waals surface area (Å²) in [7, 11) is 0. The van der Waals surface area contributed by atoms with E-state index >= 15 is 0 Å². The van der Waals surface area contributed by atoms with Gasteiger partial charge < -0.3 is 16.0 Å². The van der Waals surface area contributed by atoms with Gasteiger partial charge in [-0.15, -0.1) is 0 Å². The van der Waals surface area contributed by atoms with Gasteiger partial charge in [0.1, 0.15) is 0 Å². The molecule has 1 aliphatic rings. The van der Waals surface area contributed by atoms with E-state index in [4.69, 9.17) is 0 Å². The molecule has 0 saturated carbocycles. The van der Waals surface area contributed by atoms with Crippen molar-refractivity contribution < 1.29 is 9.59 Å². The normalized spacial score (nSPS) is 21.6. The molecule has 2 unspecified atom stereocenters. The van der Waals surface area contributed by atoms with Crippen molar-refractivity contribution in [2.45, 2.75) is 25.8 Å². The lowest BCUT2D eigenvalue weighted by molar-refractivity contribution is -0.126. The Bertz CT molecular complexity index is 476. The second-order valence-corrected chi connectivity index (χ2v) is 5.58. The van der Waals surface area contributed by atoms with E-state index in [0.29, 0.717) is 12.3 Å². The summed E-state index contributed by atoms with van der Waals surface area (Å²) in [5, 5.41) is 8.90. The van der Waals surface area contributed by atoms with Gasteiger partial charge in [0.15, 0.2) is 0 Å². The van der Waals surface area contributed by atoms with Gasteiger partial charge in [0.2, 0.25) is 11.8 Å². The molecule has 5 nitrogen and oxygen atoms in total. The van der Waals surface area contributed by atoms with E-state index in [0.717, 1.165) is 25.1 Å². The van der Waals surface area contributed by atoms with Crippen LogP contribution >= 0.6 is 0 Å². The molecule has 1 aromatic carbocycles. The second-order valence-electron chi connectivity index (χ2n) is 5.58. The fourth-order valence-electron chi connectivity index (χ4n) is 2.46. The predicted molar refractivity (Wildman–Crippen MR) is 81.7 cm³/mol. The van der Waals surface area contributed by atoms with Crippen LogP contribution in [-0.4, -0.2) is 37.5 Å². The summed E-state index contributed by atoms with van der Waals surface area (Å²) in [5.74, 6) is 0.207. The zero-order valence-electron chi connectivity index (χ0n) is 12.4. The predicted octanol–water partition coefficient (Wildman–Crippen LogP) is 0.460. The molecule has 0 aromatic heterocycles. The molecule has 0 radical (unpaired) electrons. The van der Waals surface area contributed by atoms with E-state index in [2.05, 4.69) is 22.9 Å². The Morgan fingerprint density at radius 3 is 2.71 bits per heavy atom. The van der Waals surface area contributed by atoms with E-state index in [1.54, 1.807) is 0 Å². The largest absolute Gasteiger partial charge is 0.350 e. The van der Waals surface area contributed by atoms with Gasteiger partial charge in [0, 0.05) is 12.6 Å². The molecule has 1 heterocycles. The highest BCUT2D eigenvalue weighted by Crippen LogP contribution is 2.10. The third-order valence-electron chi connectivity index (χ3n) is 3.83. The van der Waals surface area contributed by atoms with Crippen LogP contribution in [0.1, 0.15) is 18.9 Å². The Hall–Kier alpha value is -1.88. The Kier molecular flexibility index (Phi) is 5.75. The maximum absolute atomic E-state index is 11.9. The molecule has 0 aliphatic carbocycles. The van der Waals surface area contributed by atoms with Gasteiger partial charge in [0.05, 0.1) is 13.0 Å². The zero-order valence-corrected chi connectivity index (χ0v) is 12.4. The molecule has 1 aliphatic heterocycles. The first-order valence-electron chi connectivity index (χ1n) is 7.46. The van der Waals surface area contributed by atoms with Gasteiger partial charge in [-0.05, 0) is 24.4 Å². The molecule has 0 bridgehead atoms. The van der Waals surface area contributed by atoms with E-state index in [9.17, 15) is 9.59 Å². The number of rotatable bonds is 5. The van der Waals surface area contributed by atoms with Crippen molar-refractivity contribution in [3.63, 3.8) is 0 Å². The molecular formula is C16H23N3O2. The van der Waals surface area contributed by atoms with Crippen LogP contribution in [0, 0.1) is 5.92 Å². The van der Waals surface area contributed by atoms with Gasteiger partial charge in [-0.3, -0.25) is 9.59 Å². The van der Waals surface area contributed by atoms with E-state index < -0.39 is 0 Å². The van der Waals surface area contributed by atoms with Gasteiger partial charge in [0.25, 0.3) is 0 Å². The van der Waals surface area contributed by atoms with Crippen molar-refractivity contribution in [1.82, 2.24) is 16.0 Å². The second kappa shape index (κ2) is 7.78.